The van der Waals surface area contributed by atoms with Crippen molar-refractivity contribution in [2.45, 2.75) is 26.8 Å². The monoisotopic (exact) mass is 244 g/mol. The van der Waals surface area contributed by atoms with E-state index < -0.39 is 0 Å². The van der Waals surface area contributed by atoms with Gasteiger partial charge < -0.3 is 5.32 Å². The van der Waals surface area contributed by atoms with Crippen LogP contribution in [-0.2, 0) is 20.0 Å². The zero-order valence-electron chi connectivity index (χ0n) is 11.3. The smallest absolute Gasteiger partial charge is 0.0641 e. The summed E-state index contributed by atoms with van der Waals surface area (Å²) in [6.07, 6.45) is 2.80. The molecule has 0 spiro atoms. The van der Waals surface area contributed by atoms with Crippen LogP contribution in [0, 0.1) is 13.8 Å². The van der Waals surface area contributed by atoms with Crippen molar-refractivity contribution in [2.24, 2.45) is 7.05 Å². The van der Waals surface area contributed by atoms with E-state index in [0.29, 0.717) is 0 Å². The molecule has 0 bridgehead atoms. The first-order chi connectivity index (χ1) is 8.68. The van der Waals surface area contributed by atoms with Gasteiger partial charge in [0.2, 0.25) is 0 Å². The lowest BCUT2D eigenvalue weighted by Gasteiger charge is -2.05. The van der Waals surface area contributed by atoms with E-state index >= 15 is 0 Å². The lowest BCUT2D eigenvalue weighted by molar-refractivity contribution is 0.673. The number of nitrogens with zero attached hydrogens (tertiary/aromatic N) is 3. The van der Waals surface area contributed by atoms with Crippen molar-refractivity contribution in [1.82, 2.24) is 20.1 Å². The second-order valence-corrected chi connectivity index (χ2v) is 4.52. The van der Waals surface area contributed by atoms with Gasteiger partial charge in [-0.25, -0.2) is 0 Å². The Morgan fingerprint density at radius 1 is 1.28 bits per heavy atom. The predicted octanol–water partition coefficient (Wildman–Crippen LogP) is 1.76. The Kier molecular flexibility index (Phi) is 4.10. The zero-order chi connectivity index (χ0) is 13.0. The Balaban J connectivity index is 1.82. The summed E-state index contributed by atoms with van der Waals surface area (Å²) in [5.74, 6) is 0. The molecule has 0 unspecified atom stereocenters. The lowest BCUT2D eigenvalue weighted by atomic mass is 10.2. The molecule has 0 saturated heterocycles. The molecule has 1 N–H and O–H groups in total. The maximum atomic E-state index is 4.41. The molecule has 0 aliphatic heterocycles. The van der Waals surface area contributed by atoms with Crippen molar-refractivity contribution in [3.05, 3.63) is 47.0 Å². The molecule has 0 aliphatic carbocycles. The van der Waals surface area contributed by atoms with Crippen LogP contribution in [-0.4, -0.2) is 21.3 Å². The van der Waals surface area contributed by atoms with E-state index in [1.54, 1.807) is 0 Å². The molecule has 2 rings (SSSR count). The fourth-order valence-electron chi connectivity index (χ4n) is 2.05. The first-order valence-corrected chi connectivity index (χ1v) is 6.28. The first-order valence-electron chi connectivity index (χ1n) is 6.28. The van der Waals surface area contributed by atoms with Gasteiger partial charge in [0.15, 0.2) is 0 Å². The molecule has 4 nitrogen and oxygen atoms in total. The van der Waals surface area contributed by atoms with Gasteiger partial charge in [0.25, 0.3) is 0 Å². The molecule has 0 amide bonds. The normalized spacial score (nSPS) is 10.8. The molecule has 0 atom stereocenters. The molecule has 0 fully saturated rings. The SMILES string of the molecule is Cc1nn(C)c(C)c1CNCCc1ccccn1. The van der Waals surface area contributed by atoms with Gasteiger partial charge in [-0.15, -0.1) is 0 Å². The van der Waals surface area contributed by atoms with Crippen LogP contribution in [0.3, 0.4) is 0 Å². The van der Waals surface area contributed by atoms with Gasteiger partial charge in [-0.2, -0.15) is 5.10 Å². The minimum atomic E-state index is 0.873. The molecule has 0 radical (unpaired) electrons. The van der Waals surface area contributed by atoms with Crippen LogP contribution in [0.25, 0.3) is 0 Å². The molecular formula is C14H20N4. The molecule has 2 heterocycles. The molecule has 0 aromatic carbocycles. The van der Waals surface area contributed by atoms with Crippen molar-refractivity contribution >= 4 is 0 Å². The Morgan fingerprint density at radius 3 is 2.72 bits per heavy atom. The van der Waals surface area contributed by atoms with Gasteiger partial charge in [-0.1, -0.05) is 6.07 Å². The van der Waals surface area contributed by atoms with Gasteiger partial charge >= 0.3 is 0 Å². The Morgan fingerprint density at radius 2 is 2.11 bits per heavy atom. The predicted molar refractivity (Wildman–Crippen MR) is 72.3 cm³/mol. The zero-order valence-corrected chi connectivity index (χ0v) is 11.3. The van der Waals surface area contributed by atoms with E-state index in [0.717, 1.165) is 30.9 Å². The number of hydrogen-bond donors (Lipinski definition) is 1. The average molecular weight is 244 g/mol. The molecule has 4 heteroatoms. The highest BCUT2D eigenvalue weighted by atomic mass is 15.3. The van der Waals surface area contributed by atoms with E-state index in [9.17, 15) is 0 Å². The topological polar surface area (TPSA) is 42.7 Å². The summed E-state index contributed by atoms with van der Waals surface area (Å²) in [6, 6.07) is 6.03. The van der Waals surface area contributed by atoms with Crippen LogP contribution in [0.15, 0.2) is 24.4 Å². The van der Waals surface area contributed by atoms with Crippen LogP contribution < -0.4 is 5.32 Å². The van der Waals surface area contributed by atoms with Crippen LogP contribution in [0.2, 0.25) is 0 Å². The van der Waals surface area contributed by atoms with Gasteiger partial charge in [-0.3, -0.25) is 9.67 Å². The van der Waals surface area contributed by atoms with Crippen LogP contribution in [0.5, 0.6) is 0 Å². The van der Waals surface area contributed by atoms with Gasteiger partial charge in [0, 0.05) is 49.7 Å². The van der Waals surface area contributed by atoms with Crippen molar-refractivity contribution in [3.8, 4) is 0 Å². The highest BCUT2D eigenvalue weighted by molar-refractivity contribution is 5.23. The number of rotatable bonds is 5. The summed E-state index contributed by atoms with van der Waals surface area (Å²) in [4.78, 5) is 4.31. The molecule has 0 aliphatic rings. The number of pyridine rings is 1. The van der Waals surface area contributed by atoms with Crippen molar-refractivity contribution in [2.75, 3.05) is 6.54 Å². The maximum Gasteiger partial charge on any atom is 0.0641 e. The Bertz CT molecular complexity index is 502. The lowest BCUT2D eigenvalue weighted by Crippen LogP contribution is -2.18. The van der Waals surface area contributed by atoms with Crippen molar-refractivity contribution in [3.63, 3.8) is 0 Å². The number of aromatic nitrogens is 3. The number of nitrogens with one attached hydrogen (secondary N) is 1. The fraction of sp³-hybridized carbons (Fsp3) is 0.429. The van der Waals surface area contributed by atoms with Crippen molar-refractivity contribution < 1.29 is 0 Å². The molecule has 2 aromatic heterocycles. The van der Waals surface area contributed by atoms with Crippen LogP contribution in [0.4, 0.5) is 0 Å². The highest BCUT2D eigenvalue weighted by Crippen LogP contribution is 2.10. The van der Waals surface area contributed by atoms with E-state index in [4.69, 9.17) is 0 Å². The van der Waals surface area contributed by atoms with E-state index in [1.165, 1.54) is 11.3 Å². The van der Waals surface area contributed by atoms with Gasteiger partial charge in [0.1, 0.15) is 0 Å². The Hall–Kier alpha value is -1.68. The van der Waals surface area contributed by atoms with Crippen LogP contribution >= 0.6 is 0 Å². The van der Waals surface area contributed by atoms with E-state index in [-0.39, 0.29) is 0 Å². The molecule has 18 heavy (non-hydrogen) atoms. The third kappa shape index (κ3) is 2.96. The number of aryl methyl sites for hydroxylation is 2. The van der Waals surface area contributed by atoms with E-state index in [1.807, 2.05) is 30.1 Å². The van der Waals surface area contributed by atoms with Crippen LogP contribution in [0.1, 0.15) is 22.6 Å². The number of hydrogen-bond acceptors (Lipinski definition) is 3. The summed E-state index contributed by atoms with van der Waals surface area (Å²) < 4.78 is 1.94. The quantitative estimate of drug-likeness (QED) is 0.815. The van der Waals surface area contributed by atoms with Gasteiger partial charge in [-0.05, 0) is 26.0 Å². The first kappa shape index (κ1) is 12.8. The minimum absolute atomic E-state index is 0.873. The molecule has 96 valence electrons. The summed E-state index contributed by atoms with van der Waals surface area (Å²) in [5.41, 5.74) is 4.78. The minimum Gasteiger partial charge on any atom is -0.312 e. The standard InChI is InChI=1S/C14H20N4/c1-11-14(12(2)18(3)17-11)10-15-9-7-13-6-4-5-8-16-13/h4-6,8,15H,7,9-10H2,1-3H3. The fourth-order valence-corrected chi connectivity index (χ4v) is 2.05. The third-order valence-corrected chi connectivity index (χ3v) is 3.24. The summed E-state index contributed by atoms with van der Waals surface area (Å²) in [6.45, 7) is 5.97. The third-order valence-electron chi connectivity index (χ3n) is 3.24. The summed E-state index contributed by atoms with van der Waals surface area (Å²) in [7, 11) is 1.99. The summed E-state index contributed by atoms with van der Waals surface area (Å²) >= 11 is 0. The van der Waals surface area contributed by atoms with Crippen molar-refractivity contribution in [1.29, 1.82) is 0 Å². The summed E-state index contributed by atoms with van der Waals surface area (Å²) in [5, 5.41) is 7.86. The Labute approximate surface area is 108 Å². The van der Waals surface area contributed by atoms with E-state index in [2.05, 4.69) is 35.3 Å². The average Bonchev–Trinajstić information content (AvgIpc) is 2.61. The molecule has 2 aromatic rings. The largest absolute Gasteiger partial charge is 0.312 e. The molecular weight excluding hydrogens is 224 g/mol. The maximum absolute atomic E-state index is 4.41. The second-order valence-electron chi connectivity index (χ2n) is 4.52. The molecule has 0 saturated carbocycles. The highest BCUT2D eigenvalue weighted by Gasteiger charge is 2.08. The van der Waals surface area contributed by atoms with Gasteiger partial charge in [0.05, 0.1) is 5.69 Å². The second kappa shape index (κ2) is 5.78.